The number of ether oxygens (including phenoxy) is 1. The number of rotatable bonds is 5. The minimum atomic E-state index is -0.180. The second-order valence-corrected chi connectivity index (χ2v) is 7.02. The Morgan fingerprint density at radius 3 is 2.32 bits per heavy atom. The molecule has 3 aromatic rings. The van der Waals surface area contributed by atoms with Crippen LogP contribution in [0, 0.1) is 12.7 Å². The average Bonchev–Trinajstić information content (AvgIpc) is 3.25. The van der Waals surface area contributed by atoms with Gasteiger partial charge in [-0.1, -0.05) is 18.2 Å². The molecule has 3 nitrogen and oxygen atoms in total. The SMILES string of the molecule is Cc1cc(N2CCCC2)c(F)cc1C=Nc1ccc(Oc2ccccc2)cc1. The van der Waals surface area contributed by atoms with E-state index in [-0.39, 0.29) is 5.82 Å². The second kappa shape index (κ2) is 8.26. The zero-order chi connectivity index (χ0) is 19.3. The third-order valence-electron chi connectivity index (χ3n) is 4.95. The highest BCUT2D eigenvalue weighted by Gasteiger charge is 2.17. The van der Waals surface area contributed by atoms with Gasteiger partial charge in [-0.3, -0.25) is 4.99 Å². The lowest BCUT2D eigenvalue weighted by Gasteiger charge is -2.19. The van der Waals surface area contributed by atoms with Gasteiger partial charge in [0.15, 0.2) is 0 Å². The summed E-state index contributed by atoms with van der Waals surface area (Å²) in [5.41, 5.74) is 3.32. The summed E-state index contributed by atoms with van der Waals surface area (Å²) in [6.07, 6.45) is 3.98. The summed E-state index contributed by atoms with van der Waals surface area (Å²) in [4.78, 5) is 6.61. The van der Waals surface area contributed by atoms with Gasteiger partial charge in [0.25, 0.3) is 0 Å². The van der Waals surface area contributed by atoms with Gasteiger partial charge in [0, 0.05) is 19.3 Å². The highest BCUT2D eigenvalue weighted by molar-refractivity contribution is 5.84. The molecule has 1 heterocycles. The summed E-state index contributed by atoms with van der Waals surface area (Å²) in [6.45, 7) is 3.86. The third kappa shape index (κ3) is 4.22. The highest BCUT2D eigenvalue weighted by Crippen LogP contribution is 2.27. The Labute approximate surface area is 165 Å². The van der Waals surface area contributed by atoms with Crippen molar-refractivity contribution in [2.75, 3.05) is 18.0 Å². The van der Waals surface area contributed by atoms with E-state index in [1.165, 1.54) is 0 Å². The van der Waals surface area contributed by atoms with Crippen LogP contribution in [0.25, 0.3) is 0 Å². The maximum Gasteiger partial charge on any atom is 0.147 e. The van der Waals surface area contributed by atoms with Crippen LogP contribution >= 0.6 is 0 Å². The van der Waals surface area contributed by atoms with Crippen molar-refractivity contribution < 1.29 is 9.13 Å². The molecule has 28 heavy (non-hydrogen) atoms. The normalized spacial score (nSPS) is 14.0. The first-order valence-electron chi connectivity index (χ1n) is 9.61. The Balaban J connectivity index is 1.47. The van der Waals surface area contributed by atoms with Crippen molar-refractivity contribution in [1.82, 2.24) is 0 Å². The number of anilines is 1. The summed E-state index contributed by atoms with van der Waals surface area (Å²) in [7, 11) is 0. The zero-order valence-corrected chi connectivity index (χ0v) is 15.9. The van der Waals surface area contributed by atoms with Crippen molar-refractivity contribution in [3.8, 4) is 11.5 Å². The van der Waals surface area contributed by atoms with Gasteiger partial charge in [0.1, 0.15) is 17.3 Å². The lowest BCUT2D eigenvalue weighted by Crippen LogP contribution is -2.19. The molecule has 142 valence electrons. The van der Waals surface area contributed by atoms with Gasteiger partial charge in [-0.15, -0.1) is 0 Å². The molecule has 0 aliphatic carbocycles. The van der Waals surface area contributed by atoms with Gasteiger partial charge in [0.05, 0.1) is 11.4 Å². The minimum Gasteiger partial charge on any atom is -0.457 e. The number of aryl methyl sites for hydroxylation is 1. The van der Waals surface area contributed by atoms with E-state index in [0.29, 0.717) is 5.69 Å². The number of hydrogen-bond acceptors (Lipinski definition) is 3. The molecule has 0 atom stereocenters. The number of benzene rings is 3. The molecule has 0 bridgehead atoms. The van der Waals surface area contributed by atoms with E-state index in [9.17, 15) is 4.39 Å². The predicted octanol–water partition coefficient (Wildman–Crippen LogP) is 6.28. The molecule has 3 aromatic carbocycles. The second-order valence-electron chi connectivity index (χ2n) is 7.02. The Bertz CT molecular complexity index is 962. The summed E-state index contributed by atoms with van der Waals surface area (Å²) >= 11 is 0. The van der Waals surface area contributed by atoms with Gasteiger partial charge in [0.2, 0.25) is 0 Å². The molecule has 0 amide bonds. The molecular weight excluding hydrogens is 351 g/mol. The largest absolute Gasteiger partial charge is 0.457 e. The van der Waals surface area contributed by atoms with Crippen LogP contribution in [0.2, 0.25) is 0 Å². The van der Waals surface area contributed by atoms with E-state index in [0.717, 1.165) is 54.2 Å². The van der Waals surface area contributed by atoms with E-state index in [4.69, 9.17) is 4.74 Å². The van der Waals surface area contributed by atoms with Crippen molar-refractivity contribution >= 4 is 17.6 Å². The molecule has 0 radical (unpaired) electrons. The molecule has 4 heteroatoms. The first-order valence-corrected chi connectivity index (χ1v) is 9.61. The lowest BCUT2D eigenvalue weighted by molar-refractivity contribution is 0.483. The maximum atomic E-state index is 14.5. The molecule has 0 spiro atoms. The van der Waals surface area contributed by atoms with Crippen LogP contribution in [0.4, 0.5) is 15.8 Å². The Kier molecular flexibility index (Phi) is 5.38. The van der Waals surface area contributed by atoms with Crippen molar-refractivity contribution in [3.63, 3.8) is 0 Å². The maximum absolute atomic E-state index is 14.5. The smallest absolute Gasteiger partial charge is 0.147 e. The van der Waals surface area contributed by atoms with Crippen LogP contribution in [0.15, 0.2) is 71.7 Å². The Morgan fingerprint density at radius 1 is 0.929 bits per heavy atom. The van der Waals surface area contributed by atoms with Crippen LogP contribution in [-0.4, -0.2) is 19.3 Å². The molecule has 1 saturated heterocycles. The van der Waals surface area contributed by atoms with Crippen molar-refractivity contribution in [2.45, 2.75) is 19.8 Å². The van der Waals surface area contributed by atoms with Gasteiger partial charge < -0.3 is 9.64 Å². The predicted molar refractivity (Wildman–Crippen MR) is 113 cm³/mol. The van der Waals surface area contributed by atoms with E-state index in [1.807, 2.05) is 67.6 Å². The molecule has 4 rings (SSSR count). The van der Waals surface area contributed by atoms with Crippen LogP contribution in [0.1, 0.15) is 24.0 Å². The monoisotopic (exact) mass is 374 g/mol. The molecule has 0 saturated carbocycles. The van der Waals surface area contributed by atoms with Gasteiger partial charge in [-0.25, -0.2) is 4.39 Å². The number of para-hydroxylation sites is 1. The van der Waals surface area contributed by atoms with Crippen LogP contribution in [-0.2, 0) is 0 Å². The summed E-state index contributed by atoms with van der Waals surface area (Å²) in [5, 5.41) is 0. The number of hydrogen-bond donors (Lipinski definition) is 0. The molecule has 0 unspecified atom stereocenters. The van der Waals surface area contributed by atoms with E-state index < -0.39 is 0 Å². The van der Waals surface area contributed by atoms with E-state index >= 15 is 0 Å². The first kappa shape index (κ1) is 18.2. The first-order chi connectivity index (χ1) is 13.7. The topological polar surface area (TPSA) is 24.8 Å². The highest BCUT2D eigenvalue weighted by atomic mass is 19.1. The van der Waals surface area contributed by atoms with Crippen molar-refractivity contribution in [3.05, 3.63) is 83.7 Å². The van der Waals surface area contributed by atoms with Crippen molar-refractivity contribution in [2.24, 2.45) is 4.99 Å². The fourth-order valence-corrected chi connectivity index (χ4v) is 3.39. The summed E-state index contributed by atoms with van der Waals surface area (Å²) in [5.74, 6) is 1.37. The summed E-state index contributed by atoms with van der Waals surface area (Å²) in [6, 6.07) is 20.7. The van der Waals surface area contributed by atoms with Gasteiger partial charge in [-0.2, -0.15) is 0 Å². The number of halogens is 1. The molecule has 0 aromatic heterocycles. The summed E-state index contributed by atoms with van der Waals surface area (Å²) < 4.78 is 20.3. The number of aliphatic imine (C=N–C) groups is 1. The Hall–Kier alpha value is -3.14. The van der Waals surface area contributed by atoms with Gasteiger partial charge in [-0.05, 0) is 79.4 Å². The van der Waals surface area contributed by atoms with E-state index in [1.54, 1.807) is 12.3 Å². The third-order valence-corrected chi connectivity index (χ3v) is 4.95. The van der Waals surface area contributed by atoms with Gasteiger partial charge >= 0.3 is 0 Å². The fourth-order valence-electron chi connectivity index (χ4n) is 3.39. The Morgan fingerprint density at radius 2 is 1.61 bits per heavy atom. The van der Waals surface area contributed by atoms with Crippen LogP contribution < -0.4 is 9.64 Å². The van der Waals surface area contributed by atoms with Crippen LogP contribution in [0.3, 0.4) is 0 Å². The van der Waals surface area contributed by atoms with Crippen molar-refractivity contribution in [1.29, 1.82) is 0 Å². The minimum absolute atomic E-state index is 0.180. The molecule has 1 fully saturated rings. The quantitative estimate of drug-likeness (QED) is 0.491. The molecular formula is C24H23FN2O. The molecule has 1 aliphatic heterocycles. The van der Waals surface area contributed by atoms with Crippen LogP contribution in [0.5, 0.6) is 11.5 Å². The zero-order valence-electron chi connectivity index (χ0n) is 15.9. The standard InChI is InChI=1S/C24H23FN2O/c1-18-15-24(27-13-5-6-14-27)23(25)16-19(18)17-26-20-9-11-22(12-10-20)28-21-7-3-2-4-8-21/h2-4,7-12,15-17H,5-6,13-14H2,1H3. The molecule has 1 aliphatic rings. The van der Waals surface area contributed by atoms with E-state index in [2.05, 4.69) is 9.89 Å². The fraction of sp³-hybridized carbons (Fsp3) is 0.208. The lowest BCUT2D eigenvalue weighted by atomic mass is 10.1. The molecule has 0 N–H and O–H groups in total. The number of nitrogens with zero attached hydrogens (tertiary/aromatic N) is 2. The average molecular weight is 374 g/mol.